The van der Waals surface area contributed by atoms with Crippen molar-refractivity contribution in [2.75, 3.05) is 6.54 Å². The summed E-state index contributed by atoms with van der Waals surface area (Å²) >= 11 is 0. The van der Waals surface area contributed by atoms with Gasteiger partial charge in [-0.05, 0) is 11.3 Å². The van der Waals surface area contributed by atoms with Gasteiger partial charge in [-0.1, -0.05) is 41.5 Å². The summed E-state index contributed by atoms with van der Waals surface area (Å²) in [5.74, 6) is -0.763. The molecule has 0 bridgehead atoms. The molecule has 0 saturated carbocycles. The van der Waals surface area contributed by atoms with Gasteiger partial charge in [0, 0.05) is 6.42 Å². The van der Waals surface area contributed by atoms with Crippen molar-refractivity contribution in [3.63, 3.8) is 0 Å². The zero-order valence-corrected chi connectivity index (χ0v) is 12.8. The van der Waals surface area contributed by atoms with Crippen LogP contribution in [0.3, 0.4) is 0 Å². The van der Waals surface area contributed by atoms with Crippen molar-refractivity contribution in [1.29, 1.82) is 0 Å². The van der Waals surface area contributed by atoms with Gasteiger partial charge in [0.2, 0.25) is 17.7 Å². The zero-order valence-electron chi connectivity index (χ0n) is 12.8. The molecular weight excluding hydrogens is 244 g/mol. The van der Waals surface area contributed by atoms with Crippen molar-refractivity contribution in [3.8, 4) is 0 Å². The minimum Gasteiger partial charge on any atom is -0.368 e. The molecule has 110 valence electrons. The number of nitrogens with two attached hydrogens (primary N) is 1. The van der Waals surface area contributed by atoms with E-state index in [1.807, 2.05) is 20.8 Å². The molecule has 1 aliphatic heterocycles. The summed E-state index contributed by atoms with van der Waals surface area (Å²) in [5, 5.41) is 0. The second-order valence-electron chi connectivity index (χ2n) is 6.64. The molecule has 1 unspecified atom stereocenters. The van der Waals surface area contributed by atoms with Gasteiger partial charge < -0.3 is 5.73 Å². The topological polar surface area (TPSA) is 80.5 Å². The van der Waals surface area contributed by atoms with E-state index in [-0.39, 0.29) is 36.1 Å². The first kappa shape index (κ1) is 17.6. The molecule has 1 saturated heterocycles. The molecular formula is C14H26N2O3. The predicted octanol–water partition coefficient (Wildman–Crippen LogP) is 1.56. The van der Waals surface area contributed by atoms with Gasteiger partial charge in [-0.25, -0.2) is 0 Å². The molecule has 1 atom stereocenters. The maximum atomic E-state index is 11.8. The molecule has 3 amide bonds. The normalized spacial score (nSPS) is 19.5. The van der Waals surface area contributed by atoms with E-state index in [4.69, 9.17) is 5.73 Å². The first-order chi connectivity index (χ1) is 8.46. The van der Waals surface area contributed by atoms with Crippen LogP contribution < -0.4 is 5.73 Å². The Labute approximate surface area is 115 Å². The largest absolute Gasteiger partial charge is 0.368 e. The smallest absolute Gasteiger partial charge is 0.237 e. The lowest BCUT2D eigenvalue weighted by molar-refractivity contribution is -0.143. The molecule has 2 N–H and O–H groups in total. The SMILES string of the molecule is CC(C)(C)C1CC(=O)N(CC(N)=O)C1=O.CC(C)C. The van der Waals surface area contributed by atoms with Crippen molar-refractivity contribution in [3.05, 3.63) is 0 Å². The molecule has 5 heteroatoms. The molecule has 1 heterocycles. The van der Waals surface area contributed by atoms with E-state index in [9.17, 15) is 14.4 Å². The van der Waals surface area contributed by atoms with Crippen LogP contribution in [0.2, 0.25) is 0 Å². The molecule has 0 radical (unpaired) electrons. The fraction of sp³-hybridized carbons (Fsp3) is 0.786. The highest BCUT2D eigenvalue weighted by molar-refractivity contribution is 6.06. The number of hydrogen-bond acceptors (Lipinski definition) is 3. The van der Waals surface area contributed by atoms with Crippen LogP contribution >= 0.6 is 0 Å². The van der Waals surface area contributed by atoms with Crippen LogP contribution in [0.4, 0.5) is 0 Å². The lowest BCUT2D eigenvalue weighted by Gasteiger charge is -2.24. The number of amides is 3. The fourth-order valence-electron chi connectivity index (χ4n) is 1.68. The van der Waals surface area contributed by atoms with E-state index >= 15 is 0 Å². The second kappa shape index (κ2) is 6.68. The van der Waals surface area contributed by atoms with Gasteiger partial charge >= 0.3 is 0 Å². The van der Waals surface area contributed by atoms with Crippen LogP contribution in [0.15, 0.2) is 0 Å². The van der Waals surface area contributed by atoms with Gasteiger partial charge in [-0.3, -0.25) is 19.3 Å². The van der Waals surface area contributed by atoms with Gasteiger partial charge in [0.05, 0.1) is 5.92 Å². The summed E-state index contributed by atoms with van der Waals surface area (Å²) in [7, 11) is 0. The van der Waals surface area contributed by atoms with Crippen molar-refractivity contribution in [1.82, 2.24) is 4.90 Å². The van der Waals surface area contributed by atoms with E-state index in [1.165, 1.54) is 0 Å². The molecule has 0 aromatic carbocycles. The van der Waals surface area contributed by atoms with Gasteiger partial charge in [0.1, 0.15) is 6.54 Å². The Kier molecular flexibility index (Phi) is 6.19. The lowest BCUT2D eigenvalue weighted by atomic mass is 9.80. The maximum absolute atomic E-state index is 11.8. The highest BCUT2D eigenvalue weighted by Crippen LogP contribution is 2.35. The number of primary amides is 1. The number of nitrogens with zero attached hydrogens (tertiary/aromatic N) is 1. The van der Waals surface area contributed by atoms with Crippen molar-refractivity contribution < 1.29 is 14.4 Å². The van der Waals surface area contributed by atoms with E-state index in [2.05, 4.69) is 20.8 Å². The number of carbonyl (C=O) groups is 3. The highest BCUT2D eigenvalue weighted by Gasteiger charge is 2.44. The van der Waals surface area contributed by atoms with Crippen LogP contribution in [-0.2, 0) is 14.4 Å². The highest BCUT2D eigenvalue weighted by atomic mass is 16.2. The van der Waals surface area contributed by atoms with Gasteiger partial charge in [0.15, 0.2) is 0 Å². The minimum absolute atomic E-state index is 0.176. The molecule has 0 aliphatic carbocycles. The van der Waals surface area contributed by atoms with Crippen LogP contribution in [-0.4, -0.2) is 29.2 Å². The Balaban J connectivity index is 0.000000711. The molecule has 19 heavy (non-hydrogen) atoms. The number of carbonyl (C=O) groups excluding carboxylic acids is 3. The first-order valence-corrected chi connectivity index (χ1v) is 6.59. The van der Waals surface area contributed by atoms with Crippen LogP contribution in [0.5, 0.6) is 0 Å². The number of likely N-dealkylation sites (tertiary alicyclic amines) is 1. The van der Waals surface area contributed by atoms with E-state index in [0.717, 1.165) is 10.8 Å². The molecule has 1 rings (SSSR count). The summed E-state index contributed by atoms with van der Waals surface area (Å²) in [6, 6.07) is 0. The molecule has 5 nitrogen and oxygen atoms in total. The summed E-state index contributed by atoms with van der Waals surface area (Å²) in [6.07, 6.45) is 0.176. The van der Waals surface area contributed by atoms with E-state index in [0.29, 0.717) is 0 Å². The third kappa shape index (κ3) is 5.85. The number of hydrogen-bond donors (Lipinski definition) is 1. The summed E-state index contributed by atoms with van der Waals surface area (Å²) in [6.45, 7) is 11.9. The third-order valence-electron chi connectivity index (χ3n) is 2.60. The van der Waals surface area contributed by atoms with E-state index < -0.39 is 5.91 Å². The standard InChI is InChI=1S/C10H16N2O3.C4H10/c1-10(2,3)6-4-8(14)12(9(6)15)5-7(11)13;1-4(2)3/h6H,4-5H2,1-3H3,(H2,11,13);4H,1-3H3. The molecule has 0 aromatic heterocycles. The van der Waals surface area contributed by atoms with Crippen LogP contribution in [0, 0.1) is 17.3 Å². The zero-order chi connectivity index (χ0) is 15.4. The lowest BCUT2D eigenvalue weighted by Crippen LogP contribution is -2.39. The van der Waals surface area contributed by atoms with Crippen LogP contribution in [0.25, 0.3) is 0 Å². The monoisotopic (exact) mass is 270 g/mol. The Hall–Kier alpha value is -1.39. The molecule has 1 fully saturated rings. The molecule has 0 aromatic rings. The number of rotatable bonds is 2. The van der Waals surface area contributed by atoms with Crippen molar-refractivity contribution in [2.24, 2.45) is 23.0 Å². The Morgan fingerprint density at radius 1 is 1.32 bits per heavy atom. The summed E-state index contributed by atoms with van der Waals surface area (Å²) < 4.78 is 0. The summed E-state index contributed by atoms with van der Waals surface area (Å²) in [4.78, 5) is 34.9. The van der Waals surface area contributed by atoms with Crippen LogP contribution in [0.1, 0.15) is 48.0 Å². The van der Waals surface area contributed by atoms with Gasteiger partial charge in [-0.2, -0.15) is 0 Å². The van der Waals surface area contributed by atoms with Crippen molar-refractivity contribution in [2.45, 2.75) is 48.0 Å². The minimum atomic E-state index is -0.661. The van der Waals surface area contributed by atoms with Gasteiger partial charge in [-0.15, -0.1) is 0 Å². The quantitative estimate of drug-likeness (QED) is 0.773. The second-order valence-corrected chi connectivity index (χ2v) is 6.64. The molecule has 1 aliphatic rings. The Morgan fingerprint density at radius 3 is 2.00 bits per heavy atom. The average molecular weight is 270 g/mol. The van der Waals surface area contributed by atoms with E-state index in [1.54, 1.807) is 0 Å². The summed E-state index contributed by atoms with van der Waals surface area (Å²) in [5.41, 5.74) is 4.70. The third-order valence-corrected chi connectivity index (χ3v) is 2.60. The first-order valence-electron chi connectivity index (χ1n) is 6.59. The van der Waals surface area contributed by atoms with Gasteiger partial charge in [0.25, 0.3) is 0 Å². The average Bonchev–Trinajstić information content (AvgIpc) is 2.43. The number of imide groups is 1. The fourth-order valence-corrected chi connectivity index (χ4v) is 1.68. The Morgan fingerprint density at radius 2 is 1.74 bits per heavy atom. The predicted molar refractivity (Wildman–Crippen MR) is 74.0 cm³/mol. The van der Waals surface area contributed by atoms with Crippen molar-refractivity contribution >= 4 is 17.7 Å². The molecule has 0 spiro atoms. The maximum Gasteiger partial charge on any atom is 0.237 e. The Bertz CT molecular complexity index is 353.